The van der Waals surface area contributed by atoms with Crippen LogP contribution in [0, 0.1) is 5.92 Å². The maximum absolute atomic E-state index is 13.0. The van der Waals surface area contributed by atoms with E-state index in [1.54, 1.807) is 23.9 Å². The van der Waals surface area contributed by atoms with E-state index in [-0.39, 0.29) is 24.1 Å². The number of hydrogen-bond donors (Lipinski definition) is 1. The van der Waals surface area contributed by atoms with Gasteiger partial charge in [0.05, 0.1) is 22.9 Å². The van der Waals surface area contributed by atoms with Crippen LogP contribution in [0.1, 0.15) is 38.7 Å². The summed E-state index contributed by atoms with van der Waals surface area (Å²) in [6.07, 6.45) is -2.82. The first-order valence-corrected chi connectivity index (χ1v) is 9.07. The van der Waals surface area contributed by atoms with Crippen LogP contribution in [0.2, 0.25) is 0 Å². The third kappa shape index (κ3) is 4.73. The maximum atomic E-state index is 13.0. The summed E-state index contributed by atoms with van der Waals surface area (Å²) in [6, 6.07) is 3.33. The van der Waals surface area contributed by atoms with E-state index in [0.717, 1.165) is 25.0 Å². The van der Waals surface area contributed by atoms with Crippen LogP contribution in [0.25, 0.3) is 0 Å². The Morgan fingerprint density at radius 3 is 2.44 bits per heavy atom. The Morgan fingerprint density at radius 1 is 1.30 bits per heavy atom. The van der Waals surface area contributed by atoms with Crippen LogP contribution in [0.3, 0.4) is 0 Å². The molecule has 8 heteroatoms. The van der Waals surface area contributed by atoms with Gasteiger partial charge in [0, 0.05) is 33.1 Å². The monoisotopic (exact) mass is 385 g/mol. The summed E-state index contributed by atoms with van der Waals surface area (Å²) < 4.78 is 39.1. The van der Waals surface area contributed by atoms with Gasteiger partial charge in [-0.3, -0.25) is 9.59 Å². The van der Waals surface area contributed by atoms with Crippen LogP contribution in [0.4, 0.5) is 24.5 Å². The Hall–Kier alpha value is -2.25. The number of carbonyl (C=O) groups excluding carboxylic acids is 2. The summed E-state index contributed by atoms with van der Waals surface area (Å²) in [4.78, 5) is 28.2. The molecule has 1 aliphatic heterocycles. The molecule has 1 aliphatic rings. The zero-order valence-corrected chi connectivity index (χ0v) is 16.1. The van der Waals surface area contributed by atoms with E-state index >= 15 is 0 Å². The van der Waals surface area contributed by atoms with Gasteiger partial charge in [0.25, 0.3) is 0 Å². The second-order valence-corrected chi connectivity index (χ2v) is 7.03. The normalized spacial score (nSPS) is 17.6. The third-order valence-electron chi connectivity index (χ3n) is 4.98. The number of rotatable bonds is 6. The zero-order chi connectivity index (χ0) is 20.4. The molecule has 5 nitrogen and oxygen atoms in total. The van der Waals surface area contributed by atoms with Crippen LogP contribution in [0.15, 0.2) is 18.2 Å². The minimum Gasteiger partial charge on any atom is -0.376 e. The van der Waals surface area contributed by atoms with Crippen molar-refractivity contribution in [3.8, 4) is 0 Å². The average molecular weight is 385 g/mol. The molecule has 1 unspecified atom stereocenters. The van der Waals surface area contributed by atoms with Crippen molar-refractivity contribution in [1.29, 1.82) is 0 Å². The molecular weight excluding hydrogens is 359 g/mol. The van der Waals surface area contributed by atoms with Gasteiger partial charge in [-0.05, 0) is 31.0 Å². The molecule has 0 bridgehead atoms. The van der Waals surface area contributed by atoms with E-state index < -0.39 is 23.6 Å². The standard InChI is InChI=1S/C19H26F3N3O2/c1-5-14(6-2)25-11-12(9-17(25)26)18(27)23-15-10-13(19(20,21)22)7-8-16(15)24(3)4/h7-8,10,12,14H,5-6,9,11H2,1-4H3,(H,23,27). The van der Waals surface area contributed by atoms with Crippen molar-refractivity contribution in [2.75, 3.05) is 30.9 Å². The molecule has 1 aromatic carbocycles. The van der Waals surface area contributed by atoms with Gasteiger partial charge in [-0.15, -0.1) is 0 Å². The van der Waals surface area contributed by atoms with Crippen molar-refractivity contribution in [3.63, 3.8) is 0 Å². The van der Waals surface area contributed by atoms with Crippen LogP contribution in [-0.2, 0) is 15.8 Å². The number of benzene rings is 1. The molecule has 0 spiro atoms. The summed E-state index contributed by atoms with van der Waals surface area (Å²) >= 11 is 0. The molecule has 27 heavy (non-hydrogen) atoms. The van der Waals surface area contributed by atoms with Crippen LogP contribution < -0.4 is 10.2 Å². The van der Waals surface area contributed by atoms with Crippen LogP contribution in [0.5, 0.6) is 0 Å². The van der Waals surface area contributed by atoms with E-state index in [2.05, 4.69) is 5.32 Å². The second-order valence-electron chi connectivity index (χ2n) is 7.03. The Morgan fingerprint density at radius 2 is 1.93 bits per heavy atom. The lowest BCUT2D eigenvalue weighted by atomic mass is 10.1. The lowest BCUT2D eigenvalue weighted by Gasteiger charge is -2.26. The molecule has 1 atom stereocenters. The number of anilines is 2. The fraction of sp³-hybridized carbons (Fsp3) is 0.579. The zero-order valence-electron chi connectivity index (χ0n) is 16.1. The second kappa shape index (κ2) is 8.19. The minimum absolute atomic E-state index is 0.0819. The lowest BCUT2D eigenvalue weighted by molar-refractivity contribution is -0.137. The topological polar surface area (TPSA) is 52.7 Å². The fourth-order valence-corrected chi connectivity index (χ4v) is 3.43. The number of likely N-dealkylation sites (tertiary alicyclic amines) is 1. The number of alkyl halides is 3. The first kappa shape index (κ1) is 21.1. The van der Waals surface area contributed by atoms with E-state index in [9.17, 15) is 22.8 Å². The van der Waals surface area contributed by atoms with Gasteiger partial charge in [0.1, 0.15) is 0 Å². The quantitative estimate of drug-likeness (QED) is 0.812. The fourth-order valence-electron chi connectivity index (χ4n) is 3.43. The highest BCUT2D eigenvalue weighted by Gasteiger charge is 2.37. The number of amides is 2. The molecule has 150 valence electrons. The summed E-state index contributed by atoms with van der Waals surface area (Å²) in [5, 5.41) is 2.60. The first-order chi connectivity index (χ1) is 12.6. The van der Waals surface area contributed by atoms with E-state index in [1.807, 2.05) is 13.8 Å². The molecule has 1 fully saturated rings. The summed E-state index contributed by atoms with van der Waals surface area (Å²) in [5.41, 5.74) is -0.268. The number of nitrogens with one attached hydrogen (secondary N) is 1. The van der Waals surface area contributed by atoms with Gasteiger partial charge < -0.3 is 15.1 Å². The van der Waals surface area contributed by atoms with Crippen molar-refractivity contribution in [1.82, 2.24) is 4.90 Å². The molecule has 1 N–H and O–H groups in total. The summed E-state index contributed by atoms with van der Waals surface area (Å²) in [7, 11) is 3.37. The van der Waals surface area contributed by atoms with E-state index in [4.69, 9.17) is 0 Å². The predicted molar refractivity (Wildman–Crippen MR) is 98.6 cm³/mol. The molecule has 2 rings (SSSR count). The van der Waals surface area contributed by atoms with E-state index in [1.165, 1.54) is 6.07 Å². The van der Waals surface area contributed by atoms with Crippen molar-refractivity contribution >= 4 is 23.2 Å². The Labute approximate surface area is 157 Å². The molecule has 1 aromatic rings. The summed E-state index contributed by atoms with van der Waals surface area (Å²) in [5.74, 6) is -1.08. The van der Waals surface area contributed by atoms with Crippen molar-refractivity contribution in [2.24, 2.45) is 5.92 Å². The van der Waals surface area contributed by atoms with Gasteiger partial charge in [0.15, 0.2) is 0 Å². The molecule has 2 amide bonds. The van der Waals surface area contributed by atoms with Crippen molar-refractivity contribution in [3.05, 3.63) is 23.8 Å². The van der Waals surface area contributed by atoms with Gasteiger partial charge in [-0.1, -0.05) is 13.8 Å². The highest BCUT2D eigenvalue weighted by Crippen LogP contribution is 2.35. The number of nitrogens with zero attached hydrogens (tertiary/aromatic N) is 2. The van der Waals surface area contributed by atoms with Crippen LogP contribution in [-0.4, -0.2) is 43.4 Å². The van der Waals surface area contributed by atoms with Gasteiger partial charge in [0.2, 0.25) is 11.8 Å². The van der Waals surface area contributed by atoms with Crippen molar-refractivity contribution in [2.45, 2.75) is 45.3 Å². The highest BCUT2D eigenvalue weighted by atomic mass is 19.4. The molecule has 0 aliphatic carbocycles. The molecule has 1 saturated heterocycles. The number of hydrogen-bond acceptors (Lipinski definition) is 3. The lowest BCUT2D eigenvalue weighted by Crippen LogP contribution is -2.36. The molecular formula is C19H26F3N3O2. The SMILES string of the molecule is CCC(CC)N1CC(C(=O)Nc2cc(C(F)(F)F)ccc2N(C)C)CC1=O. The minimum atomic E-state index is -4.50. The molecule has 1 heterocycles. The summed E-state index contributed by atoms with van der Waals surface area (Å²) in [6.45, 7) is 4.27. The van der Waals surface area contributed by atoms with Gasteiger partial charge in [-0.2, -0.15) is 13.2 Å². The molecule has 0 saturated carbocycles. The van der Waals surface area contributed by atoms with Crippen LogP contribution >= 0.6 is 0 Å². The van der Waals surface area contributed by atoms with E-state index in [0.29, 0.717) is 12.2 Å². The number of halogens is 3. The Kier molecular flexibility index (Phi) is 6.38. The Balaban J connectivity index is 2.21. The van der Waals surface area contributed by atoms with Gasteiger partial charge in [-0.25, -0.2) is 0 Å². The maximum Gasteiger partial charge on any atom is 0.416 e. The largest absolute Gasteiger partial charge is 0.416 e. The Bertz CT molecular complexity index is 700. The van der Waals surface area contributed by atoms with Crippen molar-refractivity contribution < 1.29 is 22.8 Å². The molecule has 0 aromatic heterocycles. The third-order valence-corrected chi connectivity index (χ3v) is 4.98. The smallest absolute Gasteiger partial charge is 0.376 e. The first-order valence-electron chi connectivity index (χ1n) is 9.07. The molecule has 0 radical (unpaired) electrons. The highest BCUT2D eigenvalue weighted by molar-refractivity contribution is 5.99. The average Bonchev–Trinajstić information content (AvgIpc) is 2.97. The predicted octanol–water partition coefficient (Wildman–Crippen LogP) is 3.75. The number of carbonyl (C=O) groups is 2. The van der Waals surface area contributed by atoms with Gasteiger partial charge >= 0.3 is 6.18 Å².